The minimum absolute atomic E-state index is 0. The maximum Gasteiger partial charge on any atom is 4.00 e. The molecule has 0 rings (SSSR count). The molecule has 264 valence electrons. The monoisotopic (exact) mass is 718 g/mol. The molecule has 8 nitrogen and oxygen atoms in total. The SMILES string of the molecule is CCCCCCCCC(=O)[O-].CCCCCCCCC(=O)[O-].CCCCCCCCC(=O)[O-].CCCCCCCCC(=O)[O-].[Zr+4]. The van der Waals surface area contributed by atoms with Gasteiger partial charge in [0, 0.05) is 23.9 Å². The van der Waals surface area contributed by atoms with E-state index < -0.39 is 23.9 Å². The molecule has 0 spiro atoms. The molecule has 0 aliphatic rings. The van der Waals surface area contributed by atoms with Crippen LogP contribution in [0.3, 0.4) is 0 Å². The molecule has 0 aromatic carbocycles. The quantitative estimate of drug-likeness (QED) is 0.0898. The zero-order chi connectivity index (χ0) is 34.1. The molecule has 0 N–H and O–H groups in total. The van der Waals surface area contributed by atoms with Crippen molar-refractivity contribution in [1.29, 1.82) is 0 Å². The molecular weight excluding hydrogens is 652 g/mol. The van der Waals surface area contributed by atoms with Gasteiger partial charge in [0.05, 0.1) is 0 Å². The van der Waals surface area contributed by atoms with E-state index in [-0.39, 0.29) is 51.9 Å². The second-order valence-electron chi connectivity index (χ2n) is 11.6. The van der Waals surface area contributed by atoms with Gasteiger partial charge in [0.1, 0.15) is 0 Å². The Balaban J connectivity index is -0.000000157. The van der Waals surface area contributed by atoms with Crippen molar-refractivity contribution in [2.24, 2.45) is 0 Å². The van der Waals surface area contributed by atoms with Crippen molar-refractivity contribution >= 4 is 23.9 Å². The number of carbonyl (C=O) groups excluding carboxylic acids is 4. The van der Waals surface area contributed by atoms with E-state index in [0.29, 0.717) is 0 Å². The molecule has 0 bridgehead atoms. The molecule has 0 saturated carbocycles. The Labute approximate surface area is 296 Å². The summed E-state index contributed by atoms with van der Waals surface area (Å²) in [5.74, 6) is -3.66. The van der Waals surface area contributed by atoms with E-state index in [0.717, 1.165) is 51.4 Å². The van der Waals surface area contributed by atoms with Crippen LogP contribution in [0, 0.1) is 0 Å². The topological polar surface area (TPSA) is 161 Å². The van der Waals surface area contributed by atoms with Crippen molar-refractivity contribution in [1.82, 2.24) is 0 Å². The molecule has 0 heterocycles. The smallest absolute Gasteiger partial charge is 0.550 e. The molecule has 0 amide bonds. The first kappa shape index (κ1) is 53.3. The van der Waals surface area contributed by atoms with Crippen molar-refractivity contribution in [3.05, 3.63) is 0 Å². The summed E-state index contributed by atoms with van der Waals surface area (Å²) in [5, 5.41) is 39.9. The van der Waals surface area contributed by atoms with Crippen LogP contribution in [-0.4, -0.2) is 23.9 Å². The molecule has 0 aromatic rings. The number of hydrogen-bond acceptors (Lipinski definition) is 8. The second-order valence-corrected chi connectivity index (χ2v) is 11.6. The average Bonchev–Trinajstić information content (AvgIpc) is 2.97. The fraction of sp³-hybridized carbons (Fsp3) is 0.889. The Morgan fingerprint density at radius 2 is 0.422 bits per heavy atom. The first-order chi connectivity index (χ1) is 21.1. The van der Waals surface area contributed by atoms with Gasteiger partial charge in [-0.2, -0.15) is 0 Å². The van der Waals surface area contributed by atoms with Gasteiger partial charge in [-0.05, 0) is 51.4 Å². The largest absolute Gasteiger partial charge is 4.00 e. The van der Waals surface area contributed by atoms with Crippen LogP contribution in [0.5, 0.6) is 0 Å². The molecule has 0 aromatic heterocycles. The third-order valence-corrected chi connectivity index (χ3v) is 6.94. The van der Waals surface area contributed by atoms with Gasteiger partial charge in [0.2, 0.25) is 0 Å². The molecule has 0 fully saturated rings. The number of unbranched alkanes of at least 4 members (excludes halogenated alkanes) is 20. The van der Waals surface area contributed by atoms with Crippen LogP contribution in [0.2, 0.25) is 0 Å². The van der Waals surface area contributed by atoms with Crippen LogP contribution in [-0.2, 0) is 45.4 Å². The Morgan fingerprint density at radius 1 is 0.289 bits per heavy atom. The van der Waals surface area contributed by atoms with Gasteiger partial charge >= 0.3 is 26.2 Å². The molecule has 0 radical (unpaired) electrons. The van der Waals surface area contributed by atoms with Gasteiger partial charge in [0.15, 0.2) is 0 Å². The number of aliphatic carboxylic acids is 4. The normalized spacial score (nSPS) is 9.69. The number of carbonyl (C=O) groups is 4. The van der Waals surface area contributed by atoms with E-state index in [1.807, 2.05) is 0 Å². The minimum Gasteiger partial charge on any atom is -0.550 e. The van der Waals surface area contributed by atoms with Crippen molar-refractivity contribution < 1.29 is 65.8 Å². The van der Waals surface area contributed by atoms with Gasteiger partial charge in [-0.15, -0.1) is 0 Å². The maximum atomic E-state index is 9.98. The number of carboxylic acids is 4. The third-order valence-electron chi connectivity index (χ3n) is 6.94. The fourth-order valence-corrected chi connectivity index (χ4v) is 4.20. The van der Waals surface area contributed by atoms with E-state index in [1.165, 1.54) is 103 Å². The van der Waals surface area contributed by atoms with Gasteiger partial charge in [-0.1, -0.05) is 156 Å². The van der Waals surface area contributed by atoms with Crippen LogP contribution in [0.4, 0.5) is 0 Å². The standard InChI is InChI=1S/4C9H18O2.Zr/c4*1-2-3-4-5-6-7-8-9(10)11;/h4*2-8H2,1H3,(H,10,11);/q;;;;+4/p-4. The van der Waals surface area contributed by atoms with Crippen LogP contribution in [0.15, 0.2) is 0 Å². The fourth-order valence-electron chi connectivity index (χ4n) is 4.20. The van der Waals surface area contributed by atoms with Crippen molar-refractivity contribution in [2.45, 2.75) is 207 Å². The van der Waals surface area contributed by atoms with Crippen molar-refractivity contribution in [2.75, 3.05) is 0 Å². The zero-order valence-corrected chi connectivity index (χ0v) is 32.0. The number of rotatable bonds is 28. The predicted octanol–water partition coefficient (Wildman–Crippen LogP) is 5.95. The summed E-state index contributed by atoms with van der Waals surface area (Å²) in [5.41, 5.74) is 0. The Bertz CT molecular complexity index is 510. The maximum absolute atomic E-state index is 9.98. The van der Waals surface area contributed by atoms with Crippen LogP contribution >= 0.6 is 0 Å². The first-order valence-electron chi connectivity index (χ1n) is 17.9. The van der Waals surface area contributed by atoms with Crippen LogP contribution in [0.25, 0.3) is 0 Å². The van der Waals surface area contributed by atoms with E-state index in [9.17, 15) is 39.6 Å². The summed E-state index contributed by atoms with van der Waals surface area (Å²) in [6.45, 7) is 8.67. The molecule has 0 unspecified atom stereocenters. The molecule has 9 heteroatoms. The molecule has 0 atom stereocenters. The van der Waals surface area contributed by atoms with Crippen LogP contribution < -0.4 is 20.4 Å². The van der Waals surface area contributed by atoms with Gasteiger partial charge < -0.3 is 39.6 Å². The Morgan fingerprint density at radius 3 is 0.556 bits per heavy atom. The molecule has 0 saturated heterocycles. The Kier molecular flexibility index (Phi) is 58.8. The van der Waals surface area contributed by atoms with E-state index in [2.05, 4.69) is 27.7 Å². The summed E-state index contributed by atoms with van der Waals surface area (Å²) in [7, 11) is 0. The van der Waals surface area contributed by atoms with Gasteiger partial charge in [-0.3, -0.25) is 0 Å². The minimum atomic E-state index is -0.916. The summed E-state index contributed by atoms with van der Waals surface area (Å²) >= 11 is 0. The zero-order valence-electron chi connectivity index (χ0n) is 29.6. The van der Waals surface area contributed by atoms with Crippen molar-refractivity contribution in [3.8, 4) is 0 Å². The summed E-state index contributed by atoms with van der Waals surface area (Å²) in [4.78, 5) is 39.9. The van der Waals surface area contributed by atoms with E-state index in [4.69, 9.17) is 0 Å². The summed E-state index contributed by atoms with van der Waals surface area (Å²) < 4.78 is 0. The van der Waals surface area contributed by atoms with Crippen LogP contribution in [0.1, 0.15) is 207 Å². The first-order valence-corrected chi connectivity index (χ1v) is 17.9. The molecule has 0 aliphatic carbocycles. The van der Waals surface area contributed by atoms with E-state index in [1.54, 1.807) is 0 Å². The molecular formula is C36H68O8Zr. The van der Waals surface area contributed by atoms with Gasteiger partial charge in [-0.25, -0.2) is 0 Å². The van der Waals surface area contributed by atoms with E-state index >= 15 is 0 Å². The average molecular weight is 720 g/mol. The second kappa shape index (κ2) is 49.6. The molecule has 0 aliphatic heterocycles. The summed E-state index contributed by atoms with van der Waals surface area (Å²) in [6.07, 6.45) is 27.8. The van der Waals surface area contributed by atoms with Crippen molar-refractivity contribution in [3.63, 3.8) is 0 Å². The predicted molar refractivity (Wildman–Crippen MR) is 172 cm³/mol. The summed E-state index contributed by atoms with van der Waals surface area (Å²) in [6, 6.07) is 0. The Hall–Kier alpha value is -1.24. The van der Waals surface area contributed by atoms with Gasteiger partial charge in [0.25, 0.3) is 0 Å². The molecule has 45 heavy (non-hydrogen) atoms. The number of carboxylic acid groups (broad SMARTS) is 4. The number of hydrogen-bond donors (Lipinski definition) is 0. The third kappa shape index (κ3) is 75.1.